The van der Waals surface area contributed by atoms with Crippen LogP contribution in [0.25, 0.3) is 11.3 Å². The number of rotatable bonds is 9. The van der Waals surface area contributed by atoms with Crippen LogP contribution in [0.5, 0.6) is 5.75 Å². The first kappa shape index (κ1) is 22.3. The number of hydrogen-bond donors (Lipinski definition) is 3. The lowest BCUT2D eigenvalue weighted by atomic mass is 10.1. The number of aliphatic hydroxyl groups is 1. The lowest BCUT2D eigenvalue weighted by Crippen LogP contribution is -2.21. The maximum atomic E-state index is 12.6. The molecule has 0 saturated carbocycles. The van der Waals surface area contributed by atoms with Crippen molar-refractivity contribution in [1.29, 1.82) is 0 Å². The fraction of sp³-hybridized carbons (Fsp3) is 0.286. The highest BCUT2D eigenvalue weighted by molar-refractivity contribution is 5.66. The van der Waals surface area contributed by atoms with Crippen molar-refractivity contribution in [3.8, 4) is 17.0 Å². The van der Waals surface area contributed by atoms with Gasteiger partial charge in [-0.3, -0.25) is 4.98 Å². The fourth-order valence-corrected chi connectivity index (χ4v) is 2.73. The average Bonchev–Trinajstić information content (AvgIpc) is 2.73. The fourth-order valence-electron chi connectivity index (χ4n) is 2.73. The van der Waals surface area contributed by atoms with Crippen LogP contribution in [0.4, 0.5) is 24.9 Å². The zero-order chi connectivity index (χ0) is 22.3. The largest absolute Gasteiger partial charge is 0.573 e. The van der Waals surface area contributed by atoms with Crippen LogP contribution in [0, 0.1) is 0 Å². The SMILES string of the molecule is C[C@H](CO)Nc1nc(NCCc2ccccn2)cc(-c2cccc(OC(F)(F)F)c2)n1. The number of nitrogens with one attached hydrogen (secondary N) is 2. The van der Waals surface area contributed by atoms with Crippen LogP contribution in [0.15, 0.2) is 54.7 Å². The monoisotopic (exact) mass is 433 g/mol. The van der Waals surface area contributed by atoms with Gasteiger partial charge in [0, 0.05) is 42.5 Å². The molecule has 0 spiro atoms. The van der Waals surface area contributed by atoms with Gasteiger partial charge >= 0.3 is 6.36 Å². The summed E-state index contributed by atoms with van der Waals surface area (Å²) in [6.45, 7) is 2.16. The molecule has 2 heterocycles. The summed E-state index contributed by atoms with van der Waals surface area (Å²) < 4.78 is 41.7. The van der Waals surface area contributed by atoms with Crippen LogP contribution in [-0.4, -0.2) is 45.6 Å². The van der Waals surface area contributed by atoms with Crippen molar-refractivity contribution in [3.63, 3.8) is 0 Å². The molecule has 0 radical (unpaired) electrons. The summed E-state index contributed by atoms with van der Waals surface area (Å²) in [5.41, 5.74) is 1.74. The summed E-state index contributed by atoms with van der Waals surface area (Å²) in [4.78, 5) is 13.0. The molecule has 0 bridgehead atoms. The number of pyridine rings is 1. The highest BCUT2D eigenvalue weighted by Gasteiger charge is 2.31. The second kappa shape index (κ2) is 10.1. The third kappa shape index (κ3) is 7.10. The molecule has 1 atom stereocenters. The Hall–Kier alpha value is -3.40. The van der Waals surface area contributed by atoms with Gasteiger partial charge in [-0.15, -0.1) is 13.2 Å². The van der Waals surface area contributed by atoms with Gasteiger partial charge in [0.15, 0.2) is 0 Å². The Morgan fingerprint density at radius 1 is 1.10 bits per heavy atom. The summed E-state index contributed by atoms with van der Waals surface area (Å²) in [5, 5.41) is 15.5. The van der Waals surface area contributed by atoms with Gasteiger partial charge in [-0.25, -0.2) is 4.98 Å². The van der Waals surface area contributed by atoms with Gasteiger partial charge < -0.3 is 20.5 Å². The number of aromatic nitrogens is 3. The van der Waals surface area contributed by atoms with Crippen molar-refractivity contribution in [2.45, 2.75) is 25.7 Å². The van der Waals surface area contributed by atoms with E-state index in [1.807, 2.05) is 18.2 Å². The molecule has 0 amide bonds. The Balaban J connectivity index is 1.84. The molecule has 0 saturated heterocycles. The van der Waals surface area contributed by atoms with Gasteiger partial charge in [0.25, 0.3) is 0 Å². The van der Waals surface area contributed by atoms with Crippen molar-refractivity contribution >= 4 is 11.8 Å². The van der Waals surface area contributed by atoms with Crippen LogP contribution in [-0.2, 0) is 6.42 Å². The third-order valence-electron chi connectivity index (χ3n) is 4.15. The Labute approximate surface area is 177 Å². The predicted molar refractivity (Wildman–Crippen MR) is 111 cm³/mol. The second-order valence-corrected chi connectivity index (χ2v) is 6.76. The Kier molecular flexibility index (Phi) is 7.24. The maximum absolute atomic E-state index is 12.6. The summed E-state index contributed by atoms with van der Waals surface area (Å²) in [6, 6.07) is 12.5. The van der Waals surface area contributed by atoms with E-state index in [0.717, 1.165) is 5.69 Å². The van der Waals surface area contributed by atoms with E-state index in [4.69, 9.17) is 0 Å². The van der Waals surface area contributed by atoms with Gasteiger partial charge in [0.1, 0.15) is 11.6 Å². The van der Waals surface area contributed by atoms with Gasteiger partial charge in [0.2, 0.25) is 5.95 Å². The van der Waals surface area contributed by atoms with E-state index in [1.165, 1.54) is 18.2 Å². The average molecular weight is 433 g/mol. The summed E-state index contributed by atoms with van der Waals surface area (Å²) >= 11 is 0. The Bertz CT molecular complexity index is 986. The van der Waals surface area contributed by atoms with E-state index in [2.05, 4.69) is 30.3 Å². The van der Waals surface area contributed by atoms with Crippen molar-refractivity contribution < 1.29 is 23.0 Å². The Morgan fingerprint density at radius 3 is 2.65 bits per heavy atom. The van der Waals surface area contributed by atoms with Crippen molar-refractivity contribution in [3.05, 3.63) is 60.4 Å². The van der Waals surface area contributed by atoms with Crippen molar-refractivity contribution in [2.24, 2.45) is 0 Å². The van der Waals surface area contributed by atoms with Crippen molar-refractivity contribution in [1.82, 2.24) is 15.0 Å². The lowest BCUT2D eigenvalue weighted by Gasteiger charge is -2.15. The summed E-state index contributed by atoms with van der Waals surface area (Å²) in [7, 11) is 0. The molecule has 0 aliphatic rings. The molecule has 7 nitrogen and oxygen atoms in total. The molecule has 3 N–H and O–H groups in total. The molecule has 3 rings (SSSR count). The van der Waals surface area contributed by atoms with Crippen molar-refractivity contribution in [2.75, 3.05) is 23.8 Å². The molecule has 164 valence electrons. The maximum Gasteiger partial charge on any atom is 0.573 e. The predicted octanol–water partition coefficient (Wildman–Crippen LogP) is 3.88. The number of aliphatic hydroxyl groups excluding tert-OH is 1. The topological polar surface area (TPSA) is 92.2 Å². The number of hydrogen-bond acceptors (Lipinski definition) is 7. The molecular weight excluding hydrogens is 411 g/mol. The molecule has 0 unspecified atom stereocenters. The number of nitrogens with zero attached hydrogens (tertiary/aromatic N) is 3. The first-order valence-electron chi connectivity index (χ1n) is 9.59. The van der Waals surface area contributed by atoms with E-state index >= 15 is 0 Å². The molecule has 1 aromatic carbocycles. The van der Waals surface area contributed by atoms with Crippen LogP contribution >= 0.6 is 0 Å². The summed E-state index contributed by atoms with van der Waals surface area (Å²) in [6.07, 6.45) is -2.41. The molecule has 0 aliphatic heterocycles. The number of halogens is 3. The smallest absolute Gasteiger partial charge is 0.406 e. The number of benzene rings is 1. The van der Waals surface area contributed by atoms with E-state index in [1.54, 1.807) is 25.3 Å². The molecular formula is C21H22F3N5O2. The van der Waals surface area contributed by atoms with Crippen LogP contribution < -0.4 is 15.4 Å². The highest BCUT2D eigenvalue weighted by Crippen LogP contribution is 2.28. The van der Waals surface area contributed by atoms with Gasteiger partial charge in [-0.1, -0.05) is 18.2 Å². The van der Waals surface area contributed by atoms with Crippen LogP contribution in [0.3, 0.4) is 0 Å². The lowest BCUT2D eigenvalue weighted by molar-refractivity contribution is -0.274. The Morgan fingerprint density at radius 2 is 1.94 bits per heavy atom. The van der Waals surface area contributed by atoms with Gasteiger partial charge in [-0.2, -0.15) is 4.98 Å². The molecule has 0 fully saturated rings. The number of anilines is 2. The third-order valence-corrected chi connectivity index (χ3v) is 4.15. The normalized spacial score (nSPS) is 12.3. The van der Waals surface area contributed by atoms with E-state index in [9.17, 15) is 18.3 Å². The highest BCUT2D eigenvalue weighted by atomic mass is 19.4. The minimum atomic E-state index is -4.79. The van der Waals surface area contributed by atoms with E-state index in [0.29, 0.717) is 30.0 Å². The van der Waals surface area contributed by atoms with Gasteiger partial charge in [0.05, 0.1) is 12.3 Å². The van der Waals surface area contributed by atoms with E-state index < -0.39 is 6.36 Å². The van der Waals surface area contributed by atoms with E-state index in [-0.39, 0.29) is 24.3 Å². The second-order valence-electron chi connectivity index (χ2n) is 6.76. The first-order valence-corrected chi connectivity index (χ1v) is 9.59. The first-order chi connectivity index (χ1) is 14.8. The van der Waals surface area contributed by atoms with Crippen LogP contribution in [0.2, 0.25) is 0 Å². The zero-order valence-corrected chi connectivity index (χ0v) is 16.7. The van der Waals surface area contributed by atoms with Crippen LogP contribution in [0.1, 0.15) is 12.6 Å². The minimum Gasteiger partial charge on any atom is -0.406 e. The summed E-state index contributed by atoms with van der Waals surface area (Å²) in [5.74, 6) is 0.378. The molecule has 31 heavy (non-hydrogen) atoms. The molecule has 2 aromatic heterocycles. The molecule has 3 aromatic rings. The molecule has 10 heteroatoms. The quantitative estimate of drug-likeness (QED) is 0.472. The molecule has 0 aliphatic carbocycles. The van der Waals surface area contributed by atoms with Gasteiger partial charge in [-0.05, 0) is 31.2 Å². The number of alkyl halides is 3. The number of ether oxygens (including phenoxy) is 1. The standard InChI is InChI=1S/C21H22F3N5O2/c1-14(13-30)27-20-28-18(15-5-4-7-17(11-15)31-21(22,23)24)12-19(29-20)26-10-8-16-6-2-3-9-25-16/h2-7,9,11-12,14,30H,8,10,13H2,1H3,(H2,26,27,28,29)/t14-/m1/s1. The zero-order valence-electron chi connectivity index (χ0n) is 16.7. The minimum absolute atomic E-state index is 0.134.